The normalized spacial score (nSPS) is 13.4. The van der Waals surface area contributed by atoms with Gasteiger partial charge in [-0.2, -0.15) is 0 Å². The van der Waals surface area contributed by atoms with Gasteiger partial charge in [0.15, 0.2) is 0 Å². The summed E-state index contributed by atoms with van der Waals surface area (Å²) >= 11 is 0. The number of alkyl carbamates (subject to hydrolysis) is 1. The van der Waals surface area contributed by atoms with Crippen LogP contribution < -0.4 is 10.1 Å². The topological polar surface area (TPSA) is 73.9 Å². The van der Waals surface area contributed by atoms with Crippen LogP contribution in [0.1, 0.15) is 51.9 Å². The van der Waals surface area contributed by atoms with Gasteiger partial charge in [-0.25, -0.2) is 18.4 Å². The van der Waals surface area contributed by atoms with Crippen LogP contribution in [0.4, 0.5) is 13.6 Å². The molecule has 1 amide bonds. The Morgan fingerprint density at radius 2 is 1.59 bits per heavy atom. The molecule has 1 atom stereocenters. The number of hydrogen-bond acceptors (Lipinski definition) is 5. The number of amides is 1. The first-order valence-electron chi connectivity index (χ1n) is 9.17. The second kappa shape index (κ2) is 10.2. The summed E-state index contributed by atoms with van der Waals surface area (Å²) in [6, 6.07) is 6.00. The maximum atomic E-state index is 14.2. The van der Waals surface area contributed by atoms with E-state index >= 15 is 0 Å². The van der Waals surface area contributed by atoms with Crippen molar-refractivity contribution < 1.29 is 32.6 Å². The molecule has 0 radical (unpaired) electrons. The molecule has 1 N–H and O–H groups in total. The molecule has 0 aliphatic rings. The Morgan fingerprint density at radius 3 is 2.07 bits per heavy atom. The van der Waals surface area contributed by atoms with E-state index in [0.717, 1.165) is 0 Å². The predicted octanol–water partition coefficient (Wildman–Crippen LogP) is 4.74. The second-order valence-electron chi connectivity index (χ2n) is 8.35. The molecule has 6 nitrogen and oxygen atoms in total. The van der Waals surface area contributed by atoms with Crippen LogP contribution >= 0.6 is 0 Å². The molecule has 29 heavy (non-hydrogen) atoms. The van der Waals surface area contributed by atoms with Gasteiger partial charge in [-0.15, -0.1) is 0 Å². The van der Waals surface area contributed by atoms with Crippen LogP contribution in [0.5, 0.6) is 5.75 Å². The van der Waals surface area contributed by atoms with E-state index in [1.807, 2.05) is 0 Å². The fraction of sp³-hybridized carbons (Fsp3) is 0.524. The Bertz CT molecular complexity index is 718. The number of esters is 1. The summed E-state index contributed by atoms with van der Waals surface area (Å²) in [4.78, 5) is 23.5. The van der Waals surface area contributed by atoms with Gasteiger partial charge in [0.2, 0.25) is 0 Å². The Balaban J connectivity index is 2.55. The highest BCUT2D eigenvalue weighted by molar-refractivity contribution is 5.89. The molecule has 8 heteroatoms. The van der Waals surface area contributed by atoms with Gasteiger partial charge in [0.05, 0.1) is 18.4 Å². The molecule has 0 heterocycles. The minimum absolute atomic E-state index is 0.108. The van der Waals surface area contributed by atoms with E-state index in [0.29, 0.717) is 11.3 Å². The minimum atomic E-state index is -1.78. The van der Waals surface area contributed by atoms with Gasteiger partial charge in [0, 0.05) is 5.57 Å². The van der Waals surface area contributed by atoms with Gasteiger partial charge >= 0.3 is 12.1 Å². The molecule has 1 aromatic rings. The first-order chi connectivity index (χ1) is 13.3. The van der Waals surface area contributed by atoms with Crippen molar-refractivity contribution in [3.63, 3.8) is 0 Å². The number of ether oxygens (including phenoxy) is 3. The van der Waals surface area contributed by atoms with E-state index in [2.05, 4.69) is 5.32 Å². The number of alkyl halides is 1. The van der Waals surface area contributed by atoms with Crippen molar-refractivity contribution in [3.8, 4) is 5.75 Å². The smallest absolute Gasteiger partial charge is 0.407 e. The third-order valence-electron chi connectivity index (χ3n) is 3.26. The van der Waals surface area contributed by atoms with Crippen molar-refractivity contribution in [2.45, 2.75) is 58.9 Å². The van der Waals surface area contributed by atoms with Crippen LogP contribution in [0, 0.1) is 0 Å². The molecule has 0 aliphatic heterocycles. The van der Waals surface area contributed by atoms with Gasteiger partial charge < -0.3 is 19.5 Å². The van der Waals surface area contributed by atoms with Crippen LogP contribution in [0.15, 0.2) is 36.2 Å². The molecule has 0 saturated heterocycles. The Hall–Kier alpha value is -2.64. The predicted molar refractivity (Wildman–Crippen MR) is 105 cm³/mol. The fourth-order valence-electron chi connectivity index (χ4n) is 2.00. The zero-order valence-electron chi connectivity index (χ0n) is 17.7. The van der Waals surface area contributed by atoms with Crippen molar-refractivity contribution in [2.75, 3.05) is 13.2 Å². The number of hydrogen-bond donors (Lipinski definition) is 1. The first-order valence-corrected chi connectivity index (χ1v) is 9.17. The van der Waals surface area contributed by atoms with Crippen LogP contribution in [0.3, 0.4) is 0 Å². The number of nitrogens with one attached hydrogen (secondary N) is 1. The van der Waals surface area contributed by atoms with Gasteiger partial charge in [-0.3, -0.25) is 0 Å². The fourth-order valence-corrected chi connectivity index (χ4v) is 2.00. The van der Waals surface area contributed by atoms with Crippen molar-refractivity contribution in [1.82, 2.24) is 5.32 Å². The molecule has 0 bridgehead atoms. The maximum absolute atomic E-state index is 14.2. The highest BCUT2D eigenvalue weighted by Gasteiger charge is 2.20. The molecule has 0 spiro atoms. The maximum Gasteiger partial charge on any atom is 0.407 e. The van der Waals surface area contributed by atoms with Crippen molar-refractivity contribution in [2.24, 2.45) is 0 Å². The number of carbonyl (C=O) groups is 2. The molecule has 0 aliphatic carbocycles. The van der Waals surface area contributed by atoms with Gasteiger partial charge in [-0.05, 0) is 65.8 Å². The van der Waals surface area contributed by atoms with Crippen LogP contribution in [0.2, 0.25) is 0 Å². The van der Waals surface area contributed by atoms with Gasteiger partial charge in [-0.1, -0.05) is 0 Å². The van der Waals surface area contributed by atoms with E-state index in [4.69, 9.17) is 14.2 Å². The van der Waals surface area contributed by atoms with Gasteiger partial charge in [0.1, 0.15) is 29.7 Å². The largest absolute Gasteiger partial charge is 0.489 e. The first kappa shape index (κ1) is 24.4. The lowest BCUT2D eigenvalue weighted by atomic mass is 10.1. The van der Waals surface area contributed by atoms with E-state index in [1.165, 1.54) is 24.3 Å². The van der Waals surface area contributed by atoms with Crippen LogP contribution in [0.25, 0.3) is 0 Å². The highest BCUT2D eigenvalue weighted by Crippen LogP contribution is 2.18. The molecule has 0 unspecified atom stereocenters. The third kappa shape index (κ3) is 9.91. The molecular weight excluding hydrogens is 384 g/mol. The summed E-state index contributed by atoms with van der Waals surface area (Å²) in [6.45, 7) is 9.50. The van der Waals surface area contributed by atoms with Crippen molar-refractivity contribution >= 4 is 12.1 Å². The van der Waals surface area contributed by atoms with E-state index in [9.17, 15) is 18.4 Å². The van der Waals surface area contributed by atoms with Crippen molar-refractivity contribution in [1.29, 1.82) is 0 Å². The standard InChI is InChI=1S/C21H29F2NO5/c1-20(2,3)28-18(25)14-7-9-16(10-8-14)27-13-15(11-22)17(23)12-24-19(26)29-21(4,5)6/h7-11,17H,12-13H2,1-6H3,(H,24,26)/b15-11+/t17-/m0/s1. The average molecular weight is 413 g/mol. The summed E-state index contributed by atoms with van der Waals surface area (Å²) in [5, 5.41) is 2.24. The number of benzene rings is 1. The molecule has 162 valence electrons. The second-order valence-corrected chi connectivity index (χ2v) is 8.35. The molecule has 0 fully saturated rings. The SMILES string of the molecule is CC(C)(C)OC(=O)NC[C@H](F)/C(=C/F)COc1ccc(C(=O)OC(C)(C)C)cc1. The zero-order chi connectivity index (χ0) is 22.2. The summed E-state index contributed by atoms with van der Waals surface area (Å²) in [7, 11) is 0. The van der Waals surface area contributed by atoms with E-state index in [1.54, 1.807) is 41.5 Å². The molecule has 0 aromatic heterocycles. The number of halogens is 2. The Kier molecular flexibility index (Phi) is 8.60. The highest BCUT2D eigenvalue weighted by atomic mass is 19.1. The zero-order valence-corrected chi connectivity index (χ0v) is 17.7. The number of carbonyl (C=O) groups excluding carboxylic acids is 2. The van der Waals surface area contributed by atoms with E-state index in [-0.39, 0.29) is 18.5 Å². The molecule has 1 rings (SSSR count). The molecule has 0 saturated carbocycles. The minimum Gasteiger partial charge on any atom is -0.489 e. The summed E-state index contributed by atoms with van der Waals surface area (Å²) < 4.78 is 42.8. The number of rotatable bonds is 7. The molecular formula is C21H29F2NO5. The Morgan fingerprint density at radius 1 is 1.03 bits per heavy atom. The van der Waals surface area contributed by atoms with Crippen LogP contribution in [-0.4, -0.2) is 42.6 Å². The van der Waals surface area contributed by atoms with Crippen LogP contribution in [-0.2, 0) is 9.47 Å². The lowest BCUT2D eigenvalue weighted by Gasteiger charge is -2.20. The lowest BCUT2D eigenvalue weighted by Crippen LogP contribution is -2.36. The third-order valence-corrected chi connectivity index (χ3v) is 3.26. The van der Waals surface area contributed by atoms with Gasteiger partial charge in [0.25, 0.3) is 0 Å². The van der Waals surface area contributed by atoms with E-state index < -0.39 is 36.0 Å². The quantitative estimate of drug-likeness (QED) is 0.654. The summed E-state index contributed by atoms with van der Waals surface area (Å²) in [5.41, 5.74) is -1.28. The van der Waals surface area contributed by atoms with Crippen molar-refractivity contribution in [3.05, 3.63) is 41.7 Å². The molecule has 1 aromatic carbocycles. The monoisotopic (exact) mass is 413 g/mol. The Labute approximate surface area is 170 Å². The lowest BCUT2D eigenvalue weighted by molar-refractivity contribution is 0.00692. The summed E-state index contributed by atoms with van der Waals surface area (Å²) in [5.74, 6) is -0.158. The summed E-state index contributed by atoms with van der Waals surface area (Å²) in [6.07, 6.45) is -2.47. The average Bonchev–Trinajstić information content (AvgIpc) is 2.58.